The van der Waals surface area contributed by atoms with Crippen molar-refractivity contribution in [2.75, 3.05) is 0 Å². The molecule has 0 aliphatic rings. The molecule has 0 unspecified atom stereocenters. The van der Waals surface area contributed by atoms with E-state index in [1.165, 1.54) is 0 Å². The average molecular weight is 227 g/mol. The third-order valence-corrected chi connectivity index (χ3v) is 1.62. The minimum atomic E-state index is 0. The molecule has 14 heavy (non-hydrogen) atoms. The van der Waals surface area contributed by atoms with Crippen LogP contribution in [0.15, 0.2) is 54.6 Å². The number of carbonyl (C=O) groups excluding carboxylic acids is 1. The van der Waals surface area contributed by atoms with E-state index in [2.05, 4.69) is 0 Å². The van der Waals surface area contributed by atoms with Crippen molar-refractivity contribution in [1.29, 1.82) is 0 Å². The summed E-state index contributed by atoms with van der Waals surface area (Å²) in [5, 5.41) is 0. The molecule has 0 bridgehead atoms. The van der Waals surface area contributed by atoms with Crippen LogP contribution in [0.2, 0.25) is 0 Å². The summed E-state index contributed by atoms with van der Waals surface area (Å²) in [6.45, 7) is 1.56. The van der Waals surface area contributed by atoms with Gasteiger partial charge in [-0.3, -0.25) is 0 Å². The van der Waals surface area contributed by atoms with Crippen molar-refractivity contribution < 1.29 is 21.9 Å². The zero-order chi connectivity index (χ0) is 9.52. The molecule has 0 atom stereocenters. The Balaban J connectivity index is 0.000000246. The number of ketones is 1. The number of rotatable bonds is 1. The van der Waals surface area contributed by atoms with Gasteiger partial charge in [0.2, 0.25) is 0 Å². The fraction of sp³-hybridized carbons (Fsp3) is 0.0833. The van der Waals surface area contributed by atoms with Gasteiger partial charge in [-0.15, -0.1) is 0 Å². The molecule has 0 heterocycles. The summed E-state index contributed by atoms with van der Waals surface area (Å²) in [5.74, 6) is 0.134. The van der Waals surface area contributed by atoms with Gasteiger partial charge in [0.15, 0.2) is 0 Å². The Bertz CT molecular complexity index is 302. The molecule has 1 radical (unpaired) electrons. The molecule has 0 saturated carbocycles. The van der Waals surface area contributed by atoms with E-state index in [1.54, 1.807) is 6.92 Å². The van der Waals surface area contributed by atoms with Gasteiger partial charge in [0.25, 0.3) is 0 Å². The quantitative estimate of drug-likeness (QED) is 0.416. The second-order valence-corrected chi connectivity index (χ2v) is 2.69. The predicted molar refractivity (Wildman–Crippen MR) is 54.1 cm³/mol. The summed E-state index contributed by atoms with van der Waals surface area (Å²) in [7, 11) is 0. The molecule has 0 N–H and O–H groups in total. The summed E-state index contributed by atoms with van der Waals surface area (Å²) < 4.78 is 0. The van der Waals surface area contributed by atoms with Crippen molar-refractivity contribution >= 4 is 5.78 Å². The number of Topliss-reactive ketones (excluding diaryl/α,β-unsaturated/α-hetero) is 1. The smallest absolute Gasteiger partial charge is 0.105 e. The molecule has 0 saturated heterocycles. The fourth-order valence-corrected chi connectivity index (χ4v) is 0.929. The molecule has 0 amide bonds. The zero-order valence-corrected chi connectivity index (χ0v) is 9.16. The number of hydrogen-bond donors (Lipinski definition) is 0. The van der Waals surface area contributed by atoms with Crippen molar-refractivity contribution in [2.24, 2.45) is 0 Å². The fourth-order valence-electron chi connectivity index (χ4n) is 0.929. The van der Waals surface area contributed by atoms with Gasteiger partial charge >= 0.3 is 0 Å². The molecule has 0 spiro atoms. The van der Waals surface area contributed by atoms with Crippen LogP contribution in [0.3, 0.4) is 0 Å². The van der Waals surface area contributed by atoms with Crippen molar-refractivity contribution in [3.8, 4) is 0 Å². The molecular formula is C12H12MnO-6. The van der Waals surface area contributed by atoms with Crippen LogP contribution in [0.25, 0.3) is 0 Å². The Morgan fingerprint density at radius 3 is 1.57 bits per heavy atom. The van der Waals surface area contributed by atoms with Gasteiger partial charge in [-0.25, -0.2) is 12.1 Å². The van der Waals surface area contributed by atoms with Crippen molar-refractivity contribution in [2.45, 2.75) is 6.92 Å². The molecule has 79 valence electrons. The second kappa shape index (κ2) is 7.31. The van der Waals surface area contributed by atoms with Crippen LogP contribution in [0.4, 0.5) is 0 Å². The standard InChI is InChI=1S/C7H7O.C5H5.Mn/c1-6(8)7-4-2-3-5-7;1-2-4-5-3-1;/h2-5H,1H3;1-5H;/q-1;-5;. The maximum Gasteiger partial charge on any atom is 0.105 e. The molecule has 0 aliphatic carbocycles. The topological polar surface area (TPSA) is 17.1 Å². The van der Waals surface area contributed by atoms with Crippen LogP contribution < -0.4 is 0 Å². The molecule has 0 fully saturated rings. The molecular weight excluding hydrogens is 215 g/mol. The molecule has 2 aromatic carbocycles. The van der Waals surface area contributed by atoms with Gasteiger partial charge in [0.05, 0.1) is 0 Å². The van der Waals surface area contributed by atoms with E-state index >= 15 is 0 Å². The summed E-state index contributed by atoms with van der Waals surface area (Å²) in [6, 6.07) is 17.3. The first-order chi connectivity index (χ1) is 6.30. The monoisotopic (exact) mass is 227 g/mol. The van der Waals surface area contributed by atoms with E-state index in [4.69, 9.17) is 0 Å². The molecule has 1 nitrogen and oxygen atoms in total. The SMILES string of the molecule is CC(=O)[c-]1cccc1.[Mn].[cH-]1[cH-][cH-][cH-][cH-]1. The maximum atomic E-state index is 10.5. The Kier molecular flexibility index (Phi) is 6.73. The summed E-state index contributed by atoms with van der Waals surface area (Å²) in [4.78, 5) is 10.5. The number of hydrogen-bond acceptors (Lipinski definition) is 1. The third kappa shape index (κ3) is 4.80. The minimum absolute atomic E-state index is 0. The van der Waals surface area contributed by atoms with Crippen LogP contribution >= 0.6 is 0 Å². The van der Waals surface area contributed by atoms with E-state index in [9.17, 15) is 4.79 Å². The first kappa shape index (κ1) is 12.9. The zero-order valence-electron chi connectivity index (χ0n) is 7.98. The predicted octanol–water partition coefficient (Wildman–Crippen LogP) is 3.01. The largest absolute Gasteiger partial charge is 0.748 e. The van der Waals surface area contributed by atoms with Gasteiger partial charge < -0.3 is 35.1 Å². The number of carbonyl (C=O) groups is 1. The molecule has 0 aromatic heterocycles. The van der Waals surface area contributed by atoms with E-state index < -0.39 is 0 Å². The first-order valence-electron chi connectivity index (χ1n) is 4.20. The van der Waals surface area contributed by atoms with Gasteiger partial charge in [-0.1, -0.05) is 5.56 Å². The molecule has 0 aliphatic heterocycles. The van der Waals surface area contributed by atoms with Crippen LogP contribution in [0.5, 0.6) is 0 Å². The van der Waals surface area contributed by atoms with Gasteiger partial charge in [0, 0.05) is 17.1 Å². The minimum Gasteiger partial charge on any atom is -0.748 e. The molecule has 2 heteroatoms. The van der Waals surface area contributed by atoms with Gasteiger partial charge in [-0.05, 0) is 6.92 Å². The van der Waals surface area contributed by atoms with Crippen molar-refractivity contribution in [3.63, 3.8) is 0 Å². The van der Waals surface area contributed by atoms with E-state index in [-0.39, 0.29) is 22.9 Å². The summed E-state index contributed by atoms with van der Waals surface area (Å²) in [6.07, 6.45) is 0. The summed E-state index contributed by atoms with van der Waals surface area (Å²) >= 11 is 0. The van der Waals surface area contributed by atoms with Crippen LogP contribution in [-0.4, -0.2) is 5.78 Å². The van der Waals surface area contributed by atoms with Crippen LogP contribution in [0, 0.1) is 0 Å². The Morgan fingerprint density at radius 2 is 1.36 bits per heavy atom. The Labute approximate surface area is 95.0 Å². The maximum absolute atomic E-state index is 10.5. The average Bonchev–Trinajstić information content (AvgIpc) is 2.82. The van der Waals surface area contributed by atoms with E-state index in [0.29, 0.717) is 0 Å². The van der Waals surface area contributed by atoms with Crippen molar-refractivity contribution in [3.05, 3.63) is 60.2 Å². The van der Waals surface area contributed by atoms with Gasteiger partial charge in [-0.2, -0.15) is 12.1 Å². The second-order valence-electron chi connectivity index (χ2n) is 2.69. The van der Waals surface area contributed by atoms with Crippen LogP contribution in [-0.2, 0) is 17.1 Å². The Morgan fingerprint density at radius 1 is 1.00 bits per heavy atom. The normalized spacial score (nSPS) is 8.07. The Hall–Kier alpha value is -1.11. The first-order valence-corrected chi connectivity index (χ1v) is 4.20. The molecule has 2 aromatic rings. The van der Waals surface area contributed by atoms with Gasteiger partial charge in [0.1, 0.15) is 5.78 Å². The van der Waals surface area contributed by atoms with Crippen molar-refractivity contribution in [1.82, 2.24) is 0 Å². The third-order valence-electron chi connectivity index (χ3n) is 1.62. The van der Waals surface area contributed by atoms with E-state index in [1.807, 2.05) is 54.6 Å². The summed E-state index contributed by atoms with van der Waals surface area (Å²) in [5.41, 5.74) is 0.796. The van der Waals surface area contributed by atoms with Crippen LogP contribution in [0.1, 0.15) is 17.3 Å². The van der Waals surface area contributed by atoms with E-state index in [0.717, 1.165) is 5.56 Å². The molecule has 2 rings (SSSR count).